The molecule has 0 radical (unpaired) electrons. The van der Waals surface area contributed by atoms with E-state index in [9.17, 15) is 13.5 Å². The summed E-state index contributed by atoms with van der Waals surface area (Å²) in [6, 6.07) is 6.99. The van der Waals surface area contributed by atoms with Gasteiger partial charge in [0.1, 0.15) is 0 Å². The summed E-state index contributed by atoms with van der Waals surface area (Å²) in [5, 5.41) is 14.3. The lowest BCUT2D eigenvalue weighted by Gasteiger charge is -2.09. The fourth-order valence-electron chi connectivity index (χ4n) is 1.10. The van der Waals surface area contributed by atoms with Crippen LogP contribution >= 0.6 is 0 Å². The molecule has 0 fully saturated rings. The van der Waals surface area contributed by atoms with E-state index in [4.69, 9.17) is 5.14 Å². The zero-order valence-electron chi connectivity index (χ0n) is 7.84. The number of aliphatic hydroxyl groups is 1. The minimum atomic E-state index is -3.63. The molecule has 1 unspecified atom stereocenters. The molecule has 0 aliphatic carbocycles. The Kier molecular flexibility index (Phi) is 3.25. The maximum Gasteiger partial charge on any atom is 0.211 e. The van der Waals surface area contributed by atoms with Crippen molar-refractivity contribution < 1.29 is 13.5 Å². The van der Waals surface area contributed by atoms with Gasteiger partial charge in [-0.1, -0.05) is 29.8 Å². The van der Waals surface area contributed by atoms with Crippen LogP contribution in [-0.4, -0.2) is 19.3 Å². The molecular formula is C9H13NO3S. The van der Waals surface area contributed by atoms with Gasteiger partial charge in [-0.3, -0.25) is 0 Å². The Morgan fingerprint density at radius 3 is 2.29 bits per heavy atom. The summed E-state index contributed by atoms with van der Waals surface area (Å²) in [5.74, 6) is -0.448. The normalized spacial score (nSPS) is 13.9. The van der Waals surface area contributed by atoms with Crippen LogP contribution < -0.4 is 5.14 Å². The van der Waals surface area contributed by atoms with Gasteiger partial charge in [0.05, 0.1) is 11.9 Å². The number of sulfonamides is 1. The Labute approximate surface area is 83.4 Å². The summed E-state index contributed by atoms with van der Waals surface area (Å²) in [7, 11) is -3.63. The van der Waals surface area contributed by atoms with Gasteiger partial charge in [0.2, 0.25) is 10.0 Å². The summed E-state index contributed by atoms with van der Waals surface area (Å²) in [5.41, 5.74) is 1.61. The number of nitrogens with two attached hydrogens (primary N) is 1. The fraction of sp³-hybridized carbons (Fsp3) is 0.333. The van der Waals surface area contributed by atoms with Gasteiger partial charge in [-0.05, 0) is 12.5 Å². The average molecular weight is 215 g/mol. The Morgan fingerprint density at radius 2 is 1.86 bits per heavy atom. The minimum Gasteiger partial charge on any atom is -0.387 e. The van der Waals surface area contributed by atoms with Crippen molar-refractivity contribution in [3.8, 4) is 0 Å². The van der Waals surface area contributed by atoms with Crippen LogP contribution in [0.4, 0.5) is 0 Å². The predicted octanol–water partition coefficient (Wildman–Crippen LogP) is 0.317. The molecule has 1 aromatic carbocycles. The highest BCUT2D eigenvalue weighted by molar-refractivity contribution is 7.89. The van der Waals surface area contributed by atoms with Crippen LogP contribution in [0, 0.1) is 6.92 Å². The third-order valence-corrected chi connectivity index (χ3v) is 2.63. The minimum absolute atomic E-state index is 0.448. The first-order valence-corrected chi connectivity index (χ1v) is 5.85. The molecule has 0 bridgehead atoms. The highest BCUT2D eigenvalue weighted by atomic mass is 32.2. The Hall–Kier alpha value is -0.910. The molecule has 0 amide bonds. The Balaban J connectivity index is 2.80. The number of rotatable bonds is 3. The Morgan fingerprint density at radius 1 is 1.36 bits per heavy atom. The number of benzene rings is 1. The van der Waals surface area contributed by atoms with Crippen LogP contribution in [0.3, 0.4) is 0 Å². The van der Waals surface area contributed by atoms with E-state index in [1.165, 1.54) is 0 Å². The van der Waals surface area contributed by atoms with Gasteiger partial charge in [-0.2, -0.15) is 0 Å². The molecular weight excluding hydrogens is 202 g/mol. The topological polar surface area (TPSA) is 80.4 Å². The lowest BCUT2D eigenvalue weighted by atomic mass is 10.1. The zero-order chi connectivity index (χ0) is 10.8. The predicted molar refractivity (Wildman–Crippen MR) is 54.1 cm³/mol. The molecule has 0 heterocycles. The van der Waals surface area contributed by atoms with Crippen molar-refractivity contribution in [1.82, 2.24) is 0 Å². The number of aliphatic hydroxyl groups excluding tert-OH is 1. The molecule has 78 valence electrons. The molecule has 0 aliphatic rings. The summed E-state index contributed by atoms with van der Waals surface area (Å²) >= 11 is 0. The van der Waals surface area contributed by atoms with Crippen molar-refractivity contribution >= 4 is 10.0 Å². The third-order valence-electron chi connectivity index (χ3n) is 1.85. The summed E-state index contributed by atoms with van der Waals surface area (Å²) in [6.07, 6.45) is -1.05. The highest BCUT2D eigenvalue weighted by Gasteiger charge is 2.14. The molecule has 1 rings (SSSR count). The van der Waals surface area contributed by atoms with Crippen LogP contribution in [0.25, 0.3) is 0 Å². The molecule has 1 aromatic rings. The lowest BCUT2D eigenvalue weighted by Crippen LogP contribution is -2.21. The van der Waals surface area contributed by atoms with Gasteiger partial charge in [0.15, 0.2) is 0 Å². The van der Waals surface area contributed by atoms with Crippen LogP contribution in [-0.2, 0) is 10.0 Å². The molecule has 3 N–H and O–H groups in total. The maximum absolute atomic E-state index is 10.7. The molecule has 0 spiro atoms. The summed E-state index contributed by atoms with van der Waals surface area (Å²) in [4.78, 5) is 0. The molecule has 0 saturated carbocycles. The van der Waals surface area contributed by atoms with Gasteiger partial charge in [-0.25, -0.2) is 13.6 Å². The van der Waals surface area contributed by atoms with Gasteiger partial charge in [0.25, 0.3) is 0 Å². The van der Waals surface area contributed by atoms with Crippen LogP contribution in [0.1, 0.15) is 17.2 Å². The van der Waals surface area contributed by atoms with E-state index in [1.54, 1.807) is 12.1 Å². The Bertz CT molecular complexity index is 397. The first-order valence-electron chi connectivity index (χ1n) is 4.13. The van der Waals surface area contributed by atoms with Crippen LogP contribution in [0.5, 0.6) is 0 Å². The fourth-order valence-corrected chi connectivity index (χ4v) is 1.74. The van der Waals surface area contributed by atoms with Crippen molar-refractivity contribution in [3.05, 3.63) is 35.4 Å². The van der Waals surface area contributed by atoms with Gasteiger partial charge in [0, 0.05) is 0 Å². The molecule has 4 nitrogen and oxygen atoms in total. The van der Waals surface area contributed by atoms with Crippen molar-refractivity contribution in [2.75, 3.05) is 5.75 Å². The van der Waals surface area contributed by atoms with E-state index in [2.05, 4.69) is 0 Å². The number of primary sulfonamides is 1. The van der Waals surface area contributed by atoms with E-state index in [0.29, 0.717) is 5.56 Å². The SMILES string of the molecule is Cc1ccc(C(O)CS(N)(=O)=O)cc1. The quantitative estimate of drug-likeness (QED) is 0.761. The first-order chi connectivity index (χ1) is 6.38. The van der Waals surface area contributed by atoms with E-state index in [1.807, 2.05) is 19.1 Å². The molecule has 1 atom stereocenters. The molecule has 5 heteroatoms. The maximum atomic E-state index is 10.7. The average Bonchev–Trinajstić information content (AvgIpc) is 2.02. The lowest BCUT2D eigenvalue weighted by molar-refractivity contribution is 0.201. The molecule has 14 heavy (non-hydrogen) atoms. The first kappa shape index (κ1) is 11.2. The highest BCUT2D eigenvalue weighted by Crippen LogP contribution is 2.14. The van der Waals surface area contributed by atoms with Crippen molar-refractivity contribution in [2.24, 2.45) is 5.14 Å². The summed E-state index contributed by atoms with van der Waals surface area (Å²) in [6.45, 7) is 1.91. The van der Waals surface area contributed by atoms with E-state index < -0.39 is 21.9 Å². The third kappa shape index (κ3) is 3.45. The second-order valence-corrected chi connectivity index (χ2v) is 4.92. The monoisotopic (exact) mass is 215 g/mol. The second kappa shape index (κ2) is 4.08. The largest absolute Gasteiger partial charge is 0.387 e. The van der Waals surface area contributed by atoms with Gasteiger partial charge >= 0.3 is 0 Å². The number of aryl methyl sites for hydroxylation is 1. The van der Waals surface area contributed by atoms with Crippen molar-refractivity contribution in [1.29, 1.82) is 0 Å². The van der Waals surface area contributed by atoms with Crippen LogP contribution in [0.15, 0.2) is 24.3 Å². The summed E-state index contributed by atoms with van der Waals surface area (Å²) < 4.78 is 21.4. The zero-order valence-corrected chi connectivity index (χ0v) is 8.66. The second-order valence-electron chi connectivity index (χ2n) is 3.26. The standard InChI is InChI=1S/C9H13NO3S/c1-7-2-4-8(5-3-7)9(11)6-14(10,12)13/h2-5,9,11H,6H2,1H3,(H2,10,12,13). The van der Waals surface area contributed by atoms with E-state index in [-0.39, 0.29) is 0 Å². The van der Waals surface area contributed by atoms with Crippen molar-refractivity contribution in [2.45, 2.75) is 13.0 Å². The van der Waals surface area contributed by atoms with Crippen LogP contribution in [0.2, 0.25) is 0 Å². The van der Waals surface area contributed by atoms with Gasteiger partial charge < -0.3 is 5.11 Å². The van der Waals surface area contributed by atoms with Crippen molar-refractivity contribution in [3.63, 3.8) is 0 Å². The van der Waals surface area contributed by atoms with E-state index in [0.717, 1.165) is 5.56 Å². The van der Waals surface area contributed by atoms with Gasteiger partial charge in [-0.15, -0.1) is 0 Å². The molecule has 0 saturated heterocycles. The molecule has 0 aliphatic heterocycles. The van der Waals surface area contributed by atoms with E-state index >= 15 is 0 Å². The number of hydrogen-bond donors (Lipinski definition) is 2. The molecule has 0 aromatic heterocycles. The number of hydrogen-bond acceptors (Lipinski definition) is 3. The smallest absolute Gasteiger partial charge is 0.211 e.